The van der Waals surface area contributed by atoms with Crippen LogP contribution in [0.3, 0.4) is 0 Å². The number of para-hydroxylation sites is 2. The zero-order chi connectivity index (χ0) is 18.4. The Hall–Kier alpha value is -2.53. The molecule has 1 unspecified atom stereocenters. The summed E-state index contributed by atoms with van der Waals surface area (Å²) >= 11 is 0. The number of rotatable bonds is 7. The van der Waals surface area contributed by atoms with E-state index in [0.29, 0.717) is 6.61 Å². The number of carbonyl (C=O) groups excluding carboxylic acids is 1. The van der Waals surface area contributed by atoms with E-state index in [0.717, 1.165) is 42.1 Å². The summed E-state index contributed by atoms with van der Waals surface area (Å²) in [6.07, 6.45) is 2.29. The predicted molar refractivity (Wildman–Crippen MR) is 104 cm³/mol. The largest absolute Gasteiger partial charge is 0.489 e. The number of carbonyl (C=O) groups is 1. The summed E-state index contributed by atoms with van der Waals surface area (Å²) in [5.74, 6) is 0.646. The van der Waals surface area contributed by atoms with Crippen LogP contribution in [0.1, 0.15) is 24.0 Å². The van der Waals surface area contributed by atoms with Crippen molar-refractivity contribution in [3.05, 3.63) is 53.6 Å². The van der Waals surface area contributed by atoms with Gasteiger partial charge in [0.25, 0.3) is 0 Å². The van der Waals surface area contributed by atoms with Gasteiger partial charge in [-0.1, -0.05) is 29.8 Å². The first kappa shape index (κ1) is 18.3. The lowest BCUT2D eigenvalue weighted by Gasteiger charge is -2.16. The second-order valence-corrected chi connectivity index (χ2v) is 6.66. The second kappa shape index (κ2) is 8.72. The van der Waals surface area contributed by atoms with E-state index in [1.807, 2.05) is 50.2 Å². The maximum absolute atomic E-state index is 12.3. The summed E-state index contributed by atoms with van der Waals surface area (Å²) in [6.45, 7) is 5.55. The molecule has 26 heavy (non-hydrogen) atoms. The third-order valence-corrected chi connectivity index (χ3v) is 4.43. The van der Waals surface area contributed by atoms with Crippen LogP contribution in [0.25, 0.3) is 0 Å². The van der Waals surface area contributed by atoms with Gasteiger partial charge in [0.1, 0.15) is 12.4 Å². The van der Waals surface area contributed by atoms with Gasteiger partial charge >= 0.3 is 0 Å². The predicted octanol–water partition coefficient (Wildman–Crippen LogP) is 3.91. The minimum atomic E-state index is -0.0918. The Balaban J connectivity index is 1.54. The lowest BCUT2D eigenvalue weighted by atomic mass is 10.1. The van der Waals surface area contributed by atoms with Gasteiger partial charge in [-0.05, 0) is 50.5 Å². The average Bonchev–Trinajstić information content (AvgIpc) is 3.15. The van der Waals surface area contributed by atoms with Gasteiger partial charge < -0.3 is 20.1 Å². The molecule has 0 radical (unpaired) electrons. The second-order valence-electron chi connectivity index (χ2n) is 6.66. The van der Waals surface area contributed by atoms with E-state index >= 15 is 0 Å². The molecule has 0 spiro atoms. The van der Waals surface area contributed by atoms with Crippen LogP contribution in [0, 0.1) is 13.8 Å². The fourth-order valence-corrected chi connectivity index (χ4v) is 3.02. The highest BCUT2D eigenvalue weighted by Gasteiger charge is 2.16. The van der Waals surface area contributed by atoms with Gasteiger partial charge in [-0.25, -0.2) is 0 Å². The molecule has 2 aromatic rings. The molecule has 1 saturated heterocycles. The number of aryl methyl sites for hydroxylation is 2. The first-order chi connectivity index (χ1) is 12.6. The van der Waals surface area contributed by atoms with Crippen molar-refractivity contribution in [2.24, 2.45) is 0 Å². The Kier molecular flexibility index (Phi) is 6.12. The smallest absolute Gasteiger partial charge is 0.243 e. The SMILES string of the molecule is Cc1ccc(NC(=O)CNc2ccccc2OCC2CCCO2)c(C)c1. The van der Waals surface area contributed by atoms with Crippen molar-refractivity contribution < 1.29 is 14.3 Å². The molecule has 0 bridgehead atoms. The van der Waals surface area contributed by atoms with Crippen molar-refractivity contribution in [1.29, 1.82) is 0 Å². The Labute approximate surface area is 154 Å². The standard InChI is InChI=1S/C21H26N2O3/c1-15-9-10-18(16(2)12-15)23-21(24)13-22-19-7-3-4-8-20(19)26-14-17-6-5-11-25-17/h3-4,7-10,12,17,22H,5-6,11,13-14H2,1-2H3,(H,23,24). The highest BCUT2D eigenvalue weighted by atomic mass is 16.5. The topological polar surface area (TPSA) is 59.6 Å². The maximum atomic E-state index is 12.3. The number of hydrogen-bond acceptors (Lipinski definition) is 4. The zero-order valence-corrected chi connectivity index (χ0v) is 15.4. The van der Waals surface area contributed by atoms with Crippen LogP contribution in [0.4, 0.5) is 11.4 Å². The van der Waals surface area contributed by atoms with E-state index in [1.165, 1.54) is 5.56 Å². The van der Waals surface area contributed by atoms with Crippen LogP contribution in [0.5, 0.6) is 5.75 Å². The number of ether oxygens (including phenoxy) is 2. The molecule has 5 nitrogen and oxygen atoms in total. The lowest BCUT2D eigenvalue weighted by Crippen LogP contribution is -2.23. The van der Waals surface area contributed by atoms with Gasteiger partial charge in [0.15, 0.2) is 0 Å². The molecule has 0 saturated carbocycles. The molecule has 138 valence electrons. The Bertz CT molecular complexity index is 755. The van der Waals surface area contributed by atoms with Gasteiger partial charge in [0, 0.05) is 12.3 Å². The zero-order valence-electron chi connectivity index (χ0n) is 15.4. The molecule has 5 heteroatoms. The molecule has 0 aromatic heterocycles. The van der Waals surface area contributed by atoms with E-state index in [1.54, 1.807) is 0 Å². The normalized spacial score (nSPS) is 16.3. The van der Waals surface area contributed by atoms with Crippen molar-refractivity contribution in [2.75, 3.05) is 30.4 Å². The van der Waals surface area contributed by atoms with Crippen LogP contribution in [0.2, 0.25) is 0 Å². The van der Waals surface area contributed by atoms with Gasteiger partial charge in [-0.15, -0.1) is 0 Å². The molecule has 2 N–H and O–H groups in total. The van der Waals surface area contributed by atoms with Crippen molar-refractivity contribution in [3.8, 4) is 5.75 Å². The van der Waals surface area contributed by atoms with E-state index in [9.17, 15) is 4.79 Å². The molecular formula is C21H26N2O3. The summed E-state index contributed by atoms with van der Waals surface area (Å²) in [6, 6.07) is 13.6. The Morgan fingerprint density at radius 2 is 2.04 bits per heavy atom. The van der Waals surface area contributed by atoms with Crippen LogP contribution in [-0.2, 0) is 9.53 Å². The third-order valence-electron chi connectivity index (χ3n) is 4.43. The van der Waals surface area contributed by atoms with Crippen LogP contribution >= 0.6 is 0 Å². The van der Waals surface area contributed by atoms with E-state index in [4.69, 9.17) is 9.47 Å². The number of amides is 1. The fraction of sp³-hybridized carbons (Fsp3) is 0.381. The highest BCUT2D eigenvalue weighted by Crippen LogP contribution is 2.25. The number of nitrogens with one attached hydrogen (secondary N) is 2. The molecule has 1 atom stereocenters. The molecule has 1 amide bonds. The number of hydrogen-bond donors (Lipinski definition) is 2. The summed E-state index contributed by atoms with van der Waals surface area (Å²) in [5, 5.41) is 6.10. The molecule has 0 aliphatic carbocycles. The average molecular weight is 354 g/mol. The van der Waals surface area contributed by atoms with Gasteiger partial charge in [-0.2, -0.15) is 0 Å². The molecular weight excluding hydrogens is 328 g/mol. The van der Waals surface area contributed by atoms with E-state index in [2.05, 4.69) is 16.7 Å². The number of benzene rings is 2. The molecule has 1 aliphatic rings. The monoisotopic (exact) mass is 354 g/mol. The van der Waals surface area contributed by atoms with Crippen LogP contribution < -0.4 is 15.4 Å². The summed E-state index contributed by atoms with van der Waals surface area (Å²) < 4.78 is 11.5. The van der Waals surface area contributed by atoms with Gasteiger partial charge in [0.2, 0.25) is 5.91 Å². The van der Waals surface area contributed by atoms with Crippen LogP contribution in [0.15, 0.2) is 42.5 Å². The minimum absolute atomic E-state index is 0.0918. The Morgan fingerprint density at radius 3 is 2.81 bits per heavy atom. The first-order valence-electron chi connectivity index (χ1n) is 9.06. The summed E-state index contributed by atoms with van der Waals surface area (Å²) in [7, 11) is 0. The van der Waals surface area contributed by atoms with Crippen LogP contribution in [-0.4, -0.2) is 31.8 Å². The van der Waals surface area contributed by atoms with Crippen molar-refractivity contribution in [1.82, 2.24) is 0 Å². The van der Waals surface area contributed by atoms with Gasteiger partial charge in [0.05, 0.1) is 18.3 Å². The summed E-state index contributed by atoms with van der Waals surface area (Å²) in [5.41, 5.74) is 3.88. The fourth-order valence-electron chi connectivity index (χ4n) is 3.02. The minimum Gasteiger partial charge on any atom is -0.489 e. The first-order valence-corrected chi connectivity index (χ1v) is 9.06. The molecule has 1 aliphatic heterocycles. The van der Waals surface area contributed by atoms with E-state index < -0.39 is 0 Å². The van der Waals surface area contributed by atoms with Crippen molar-refractivity contribution in [3.63, 3.8) is 0 Å². The molecule has 1 heterocycles. The highest BCUT2D eigenvalue weighted by molar-refractivity contribution is 5.94. The summed E-state index contributed by atoms with van der Waals surface area (Å²) in [4.78, 5) is 12.3. The van der Waals surface area contributed by atoms with Crippen molar-refractivity contribution in [2.45, 2.75) is 32.8 Å². The third kappa shape index (κ3) is 4.99. The van der Waals surface area contributed by atoms with Crippen molar-refractivity contribution >= 4 is 17.3 Å². The maximum Gasteiger partial charge on any atom is 0.243 e. The number of anilines is 2. The quantitative estimate of drug-likeness (QED) is 0.791. The lowest BCUT2D eigenvalue weighted by molar-refractivity contribution is -0.114. The molecule has 3 rings (SSSR count). The molecule has 2 aromatic carbocycles. The molecule has 1 fully saturated rings. The van der Waals surface area contributed by atoms with Gasteiger partial charge in [-0.3, -0.25) is 4.79 Å². The Morgan fingerprint density at radius 1 is 1.19 bits per heavy atom. The van der Waals surface area contributed by atoms with E-state index in [-0.39, 0.29) is 18.6 Å².